The number of piperidine rings is 1. The van der Waals surface area contributed by atoms with Gasteiger partial charge in [0, 0.05) is 24.7 Å². The molecule has 0 saturated carbocycles. The SMILES string of the molecule is O=C(Nc1ccccc1)C1CCN(C(=O)CSc2n[nH]c(-c3cccs3)n2)CC1. The number of hydrogen-bond acceptors (Lipinski definition) is 6. The molecule has 1 fully saturated rings. The molecule has 1 aliphatic heterocycles. The van der Waals surface area contributed by atoms with Crippen LogP contribution >= 0.6 is 23.1 Å². The van der Waals surface area contributed by atoms with Gasteiger partial charge in [0.25, 0.3) is 0 Å². The number of benzene rings is 1. The third-order valence-electron chi connectivity index (χ3n) is 4.80. The summed E-state index contributed by atoms with van der Waals surface area (Å²) in [4.78, 5) is 32.2. The van der Waals surface area contributed by atoms with E-state index in [-0.39, 0.29) is 17.7 Å². The van der Waals surface area contributed by atoms with Gasteiger partial charge in [0.1, 0.15) is 0 Å². The molecule has 0 atom stereocenters. The van der Waals surface area contributed by atoms with E-state index in [0.717, 1.165) is 16.4 Å². The normalized spacial score (nSPS) is 14.7. The lowest BCUT2D eigenvalue weighted by molar-refractivity contribution is -0.132. The van der Waals surface area contributed by atoms with E-state index >= 15 is 0 Å². The Bertz CT molecular complexity index is 950. The van der Waals surface area contributed by atoms with Crippen LogP contribution in [0.2, 0.25) is 0 Å². The number of nitrogens with one attached hydrogen (secondary N) is 2. The van der Waals surface area contributed by atoms with Crippen LogP contribution in [-0.4, -0.2) is 50.7 Å². The topological polar surface area (TPSA) is 91.0 Å². The van der Waals surface area contributed by atoms with Gasteiger partial charge in [-0.15, -0.1) is 16.4 Å². The van der Waals surface area contributed by atoms with E-state index in [9.17, 15) is 9.59 Å². The van der Waals surface area contributed by atoms with Crippen molar-refractivity contribution in [2.75, 3.05) is 24.2 Å². The molecule has 0 bridgehead atoms. The second-order valence-corrected chi connectivity index (χ2v) is 8.63. The number of carbonyl (C=O) groups is 2. The fourth-order valence-electron chi connectivity index (χ4n) is 3.21. The number of thiophene rings is 1. The Kier molecular flexibility index (Phi) is 6.26. The molecule has 2 amide bonds. The third-order valence-corrected chi connectivity index (χ3v) is 6.51. The maximum Gasteiger partial charge on any atom is 0.233 e. The number of amides is 2. The number of nitrogens with zero attached hydrogens (tertiary/aromatic N) is 3. The number of aromatic amines is 1. The first-order chi connectivity index (χ1) is 14.2. The molecule has 4 rings (SSSR count). The summed E-state index contributed by atoms with van der Waals surface area (Å²) < 4.78 is 0. The Labute approximate surface area is 176 Å². The highest BCUT2D eigenvalue weighted by Crippen LogP contribution is 2.24. The smallest absolute Gasteiger partial charge is 0.233 e. The van der Waals surface area contributed by atoms with Crippen LogP contribution in [-0.2, 0) is 9.59 Å². The minimum absolute atomic E-state index is 0.0273. The van der Waals surface area contributed by atoms with E-state index in [4.69, 9.17) is 0 Å². The van der Waals surface area contributed by atoms with Gasteiger partial charge in [-0.05, 0) is 36.4 Å². The van der Waals surface area contributed by atoms with Gasteiger partial charge in [-0.1, -0.05) is 36.0 Å². The van der Waals surface area contributed by atoms with Crippen LogP contribution in [0.5, 0.6) is 0 Å². The van der Waals surface area contributed by atoms with Crippen LogP contribution in [0, 0.1) is 5.92 Å². The molecule has 2 N–H and O–H groups in total. The van der Waals surface area contributed by atoms with E-state index in [1.54, 1.807) is 11.3 Å². The van der Waals surface area contributed by atoms with Crippen LogP contribution in [0.25, 0.3) is 10.7 Å². The van der Waals surface area contributed by atoms with Crippen molar-refractivity contribution in [1.82, 2.24) is 20.1 Å². The highest BCUT2D eigenvalue weighted by Gasteiger charge is 2.27. The fraction of sp³-hybridized carbons (Fsp3) is 0.300. The maximum absolute atomic E-state index is 12.5. The van der Waals surface area contributed by atoms with Crippen molar-refractivity contribution < 1.29 is 9.59 Å². The van der Waals surface area contributed by atoms with Crippen LogP contribution < -0.4 is 5.32 Å². The van der Waals surface area contributed by atoms with Crippen molar-refractivity contribution in [2.45, 2.75) is 18.0 Å². The van der Waals surface area contributed by atoms with Crippen LogP contribution in [0.4, 0.5) is 5.69 Å². The number of H-pyrrole nitrogens is 1. The second-order valence-electron chi connectivity index (χ2n) is 6.74. The first-order valence-electron chi connectivity index (χ1n) is 9.42. The third kappa shape index (κ3) is 5.04. The zero-order chi connectivity index (χ0) is 20.1. The number of carbonyl (C=O) groups excluding carboxylic acids is 2. The van der Waals surface area contributed by atoms with Crippen LogP contribution in [0.1, 0.15) is 12.8 Å². The Balaban J connectivity index is 1.22. The molecule has 3 heterocycles. The molecule has 0 unspecified atom stereocenters. The average Bonchev–Trinajstić information content (AvgIpc) is 3.45. The number of para-hydroxylation sites is 1. The number of likely N-dealkylation sites (tertiary alicyclic amines) is 1. The van der Waals surface area contributed by atoms with Gasteiger partial charge in [-0.3, -0.25) is 14.7 Å². The predicted molar refractivity (Wildman–Crippen MR) is 115 cm³/mol. The molecule has 3 aromatic rings. The lowest BCUT2D eigenvalue weighted by Gasteiger charge is -2.31. The minimum Gasteiger partial charge on any atom is -0.342 e. The molecule has 1 aliphatic rings. The van der Waals surface area contributed by atoms with Gasteiger partial charge in [0.05, 0.1) is 10.6 Å². The highest BCUT2D eigenvalue weighted by molar-refractivity contribution is 7.99. The lowest BCUT2D eigenvalue weighted by Crippen LogP contribution is -2.42. The molecular weight excluding hydrogens is 406 g/mol. The predicted octanol–water partition coefficient (Wildman–Crippen LogP) is 3.50. The summed E-state index contributed by atoms with van der Waals surface area (Å²) in [5.41, 5.74) is 0.806. The summed E-state index contributed by atoms with van der Waals surface area (Å²) in [5.74, 6) is 1.04. The lowest BCUT2D eigenvalue weighted by atomic mass is 9.96. The molecule has 29 heavy (non-hydrogen) atoms. The molecule has 2 aromatic heterocycles. The number of anilines is 1. The van der Waals surface area contributed by atoms with E-state index in [1.807, 2.05) is 52.7 Å². The van der Waals surface area contributed by atoms with Crippen molar-refractivity contribution in [1.29, 1.82) is 0 Å². The first kappa shape index (κ1) is 19.7. The number of hydrogen-bond donors (Lipinski definition) is 2. The van der Waals surface area contributed by atoms with Crippen molar-refractivity contribution in [3.05, 3.63) is 47.8 Å². The van der Waals surface area contributed by atoms with E-state index in [1.165, 1.54) is 11.8 Å². The average molecular weight is 428 g/mol. The maximum atomic E-state index is 12.5. The van der Waals surface area contributed by atoms with Crippen molar-refractivity contribution in [3.8, 4) is 10.7 Å². The molecule has 1 aromatic carbocycles. The monoisotopic (exact) mass is 427 g/mol. The number of thioether (sulfide) groups is 1. The Hall–Kier alpha value is -2.65. The molecule has 7 nitrogen and oxygen atoms in total. The zero-order valence-electron chi connectivity index (χ0n) is 15.7. The van der Waals surface area contributed by atoms with Gasteiger partial charge in [0.2, 0.25) is 17.0 Å². The standard InChI is InChI=1S/C20H21N5O2S2/c26-17(13-29-20-22-18(23-24-20)16-7-4-12-28-16)25-10-8-14(9-11-25)19(27)21-15-5-2-1-3-6-15/h1-7,12,14H,8-11,13H2,(H,21,27)(H,22,23,24). The molecule has 0 aliphatic carbocycles. The highest BCUT2D eigenvalue weighted by atomic mass is 32.2. The summed E-state index contributed by atoms with van der Waals surface area (Å²) in [6.45, 7) is 1.20. The number of rotatable bonds is 6. The van der Waals surface area contributed by atoms with Crippen molar-refractivity contribution >= 4 is 40.6 Å². The minimum atomic E-state index is -0.0618. The van der Waals surface area contributed by atoms with Crippen molar-refractivity contribution in [3.63, 3.8) is 0 Å². The molecule has 9 heteroatoms. The first-order valence-corrected chi connectivity index (χ1v) is 11.3. The Morgan fingerprint density at radius 1 is 1.17 bits per heavy atom. The van der Waals surface area contributed by atoms with Crippen LogP contribution in [0.15, 0.2) is 53.0 Å². The molecular formula is C20H21N5O2S2. The number of aromatic nitrogens is 3. The largest absolute Gasteiger partial charge is 0.342 e. The Morgan fingerprint density at radius 2 is 1.97 bits per heavy atom. The summed E-state index contributed by atoms with van der Waals surface area (Å²) in [6.07, 6.45) is 1.36. The van der Waals surface area contributed by atoms with E-state index < -0.39 is 0 Å². The van der Waals surface area contributed by atoms with E-state index in [0.29, 0.717) is 36.8 Å². The summed E-state index contributed by atoms with van der Waals surface area (Å²) in [7, 11) is 0. The van der Waals surface area contributed by atoms with E-state index in [2.05, 4.69) is 20.5 Å². The Morgan fingerprint density at radius 3 is 2.69 bits per heavy atom. The van der Waals surface area contributed by atoms with Gasteiger partial charge in [-0.25, -0.2) is 4.98 Å². The van der Waals surface area contributed by atoms with Crippen molar-refractivity contribution in [2.24, 2.45) is 5.92 Å². The van der Waals surface area contributed by atoms with Gasteiger partial charge in [0.15, 0.2) is 5.82 Å². The fourth-order valence-corrected chi connectivity index (χ4v) is 4.57. The summed E-state index contributed by atoms with van der Waals surface area (Å²) in [6, 6.07) is 13.4. The molecule has 0 spiro atoms. The van der Waals surface area contributed by atoms with Crippen LogP contribution in [0.3, 0.4) is 0 Å². The second kappa shape index (κ2) is 9.23. The molecule has 0 radical (unpaired) electrons. The molecule has 1 saturated heterocycles. The summed E-state index contributed by atoms with van der Waals surface area (Å²) >= 11 is 2.92. The quantitative estimate of drug-likeness (QED) is 0.588. The van der Waals surface area contributed by atoms with Gasteiger partial charge >= 0.3 is 0 Å². The zero-order valence-corrected chi connectivity index (χ0v) is 17.3. The van der Waals surface area contributed by atoms with Gasteiger partial charge in [-0.2, -0.15) is 0 Å². The summed E-state index contributed by atoms with van der Waals surface area (Å²) in [5, 5.41) is 12.6. The molecule has 150 valence electrons. The van der Waals surface area contributed by atoms with Gasteiger partial charge < -0.3 is 10.2 Å².